The molecule has 3 heterocycles. The summed E-state index contributed by atoms with van der Waals surface area (Å²) in [4.78, 5) is 31.1. The maximum Gasteiger partial charge on any atom is 0.260 e. The van der Waals surface area contributed by atoms with Gasteiger partial charge >= 0.3 is 0 Å². The van der Waals surface area contributed by atoms with E-state index in [2.05, 4.69) is 15.3 Å². The average molecular weight is 288 g/mol. The number of hydrogen-bond donors (Lipinski definition) is 2. The van der Waals surface area contributed by atoms with E-state index in [1.165, 1.54) is 12.3 Å². The minimum absolute atomic E-state index is 0.123. The molecule has 20 heavy (non-hydrogen) atoms. The molecule has 0 saturated carbocycles. The van der Waals surface area contributed by atoms with Crippen LogP contribution in [-0.4, -0.2) is 26.8 Å². The number of nitrogens with zero attached hydrogens (tertiary/aromatic N) is 2. The van der Waals surface area contributed by atoms with E-state index >= 15 is 0 Å². The van der Waals surface area contributed by atoms with Gasteiger partial charge < -0.3 is 10.3 Å². The Kier molecular flexibility index (Phi) is 3.34. The van der Waals surface area contributed by atoms with Gasteiger partial charge in [-0.3, -0.25) is 14.0 Å². The monoisotopic (exact) mass is 288 g/mol. The summed E-state index contributed by atoms with van der Waals surface area (Å²) in [6.45, 7) is 0.442. The van der Waals surface area contributed by atoms with Gasteiger partial charge in [-0.05, 0) is 12.1 Å². The van der Waals surface area contributed by atoms with E-state index < -0.39 is 0 Å². The van der Waals surface area contributed by atoms with E-state index in [0.29, 0.717) is 13.0 Å². The Hall–Kier alpha value is -2.41. The summed E-state index contributed by atoms with van der Waals surface area (Å²) in [5, 5.41) is 4.69. The maximum absolute atomic E-state index is 11.8. The summed E-state index contributed by atoms with van der Waals surface area (Å²) >= 11 is 1.57. The van der Waals surface area contributed by atoms with E-state index in [1.807, 2.05) is 22.2 Å². The third-order valence-corrected chi connectivity index (χ3v) is 3.64. The van der Waals surface area contributed by atoms with Crippen molar-refractivity contribution in [3.8, 4) is 0 Å². The molecule has 6 nitrogen and oxygen atoms in total. The number of hydrogen-bond acceptors (Lipinski definition) is 4. The van der Waals surface area contributed by atoms with Gasteiger partial charge in [0, 0.05) is 36.9 Å². The van der Waals surface area contributed by atoms with E-state index in [9.17, 15) is 9.59 Å². The molecule has 0 fully saturated rings. The number of pyridine rings is 1. The molecule has 3 aromatic heterocycles. The fraction of sp³-hybridized carbons (Fsp3) is 0.154. The van der Waals surface area contributed by atoms with Crippen LogP contribution in [0.1, 0.15) is 16.1 Å². The predicted molar refractivity (Wildman–Crippen MR) is 76.2 cm³/mol. The Morgan fingerprint density at radius 1 is 1.50 bits per heavy atom. The van der Waals surface area contributed by atoms with Crippen LogP contribution in [0.5, 0.6) is 0 Å². The molecule has 0 aliphatic heterocycles. The number of amides is 1. The fourth-order valence-electron chi connectivity index (χ4n) is 1.90. The van der Waals surface area contributed by atoms with Gasteiger partial charge in [-0.1, -0.05) is 0 Å². The Labute approximate surface area is 118 Å². The Morgan fingerprint density at radius 3 is 3.20 bits per heavy atom. The van der Waals surface area contributed by atoms with Crippen LogP contribution in [0.2, 0.25) is 0 Å². The van der Waals surface area contributed by atoms with E-state index in [1.54, 1.807) is 17.4 Å². The van der Waals surface area contributed by atoms with Crippen LogP contribution in [0, 0.1) is 0 Å². The zero-order valence-electron chi connectivity index (χ0n) is 10.5. The molecule has 7 heteroatoms. The molecule has 0 radical (unpaired) electrons. The molecule has 0 unspecified atom stereocenters. The molecule has 2 N–H and O–H groups in total. The van der Waals surface area contributed by atoms with Gasteiger partial charge in [0.05, 0.1) is 5.69 Å². The standard InChI is InChI=1S/C13H12N4O2S/c18-11-10(2-1-4-14-11)12(19)15-5-3-9-8-17-6-7-20-13(17)16-9/h1-2,4,6-8H,3,5H2,(H,14,18)(H,15,19). The molecule has 0 aliphatic rings. The lowest BCUT2D eigenvalue weighted by Gasteiger charge is -2.02. The lowest BCUT2D eigenvalue weighted by Crippen LogP contribution is -2.30. The molecule has 0 saturated heterocycles. The van der Waals surface area contributed by atoms with Crippen molar-refractivity contribution in [1.82, 2.24) is 19.7 Å². The smallest absolute Gasteiger partial charge is 0.260 e. The number of imidazole rings is 1. The van der Waals surface area contributed by atoms with Crippen molar-refractivity contribution >= 4 is 22.2 Å². The van der Waals surface area contributed by atoms with Gasteiger partial charge in [-0.15, -0.1) is 11.3 Å². The normalized spacial score (nSPS) is 10.8. The molecule has 3 rings (SSSR count). The first-order valence-electron chi connectivity index (χ1n) is 6.11. The summed E-state index contributed by atoms with van der Waals surface area (Å²) in [6.07, 6.45) is 6.01. The van der Waals surface area contributed by atoms with Gasteiger partial charge in [0.15, 0.2) is 4.96 Å². The molecular weight excluding hydrogens is 276 g/mol. The van der Waals surface area contributed by atoms with E-state index in [0.717, 1.165) is 10.7 Å². The van der Waals surface area contributed by atoms with Crippen LogP contribution in [0.15, 0.2) is 40.9 Å². The lowest BCUT2D eigenvalue weighted by molar-refractivity contribution is 0.0952. The average Bonchev–Trinajstić information content (AvgIpc) is 3.00. The van der Waals surface area contributed by atoms with Crippen LogP contribution in [0.4, 0.5) is 0 Å². The number of fused-ring (bicyclic) bond motifs is 1. The van der Waals surface area contributed by atoms with E-state index in [4.69, 9.17) is 0 Å². The van der Waals surface area contributed by atoms with Crippen LogP contribution < -0.4 is 10.9 Å². The van der Waals surface area contributed by atoms with Gasteiger partial charge in [0.25, 0.3) is 11.5 Å². The summed E-state index contributed by atoms with van der Waals surface area (Å²) in [6, 6.07) is 3.13. The molecule has 0 aliphatic carbocycles. The number of carbonyl (C=O) groups excluding carboxylic acids is 1. The number of aromatic nitrogens is 3. The highest BCUT2D eigenvalue weighted by Gasteiger charge is 2.09. The number of thiazole rings is 1. The van der Waals surface area contributed by atoms with Crippen LogP contribution in [0.25, 0.3) is 4.96 Å². The first-order valence-corrected chi connectivity index (χ1v) is 6.99. The van der Waals surface area contributed by atoms with Crippen molar-refractivity contribution < 1.29 is 4.79 Å². The molecule has 0 atom stereocenters. The quantitative estimate of drug-likeness (QED) is 0.753. The second kappa shape index (κ2) is 5.30. The predicted octanol–water partition coefficient (Wildman–Crippen LogP) is 1.06. The first-order chi connectivity index (χ1) is 9.74. The summed E-state index contributed by atoms with van der Waals surface area (Å²) in [5.41, 5.74) is 0.657. The van der Waals surface area contributed by atoms with E-state index in [-0.39, 0.29) is 17.0 Å². The van der Waals surface area contributed by atoms with Crippen molar-refractivity contribution in [2.75, 3.05) is 6.54 Å². The minimum atomic E-state index is -0.382. The number of H-pyrrole nitrogens is 1. The second-order valence-electron chi connectivity index (χ2n) is 4.24. The SMILES string of the molecule is O=C(NCCc1cn2ccsc2n1)c1ccc[nH]c1=O. The van der Waals surface area contributed by atoms with Crippen molar-refractivity contribution in [3.63, 3.8) is 0 Å². The molecule has 102 valence electrons. The largest absolute Gasteiger partial charge is 0.351 e. The Balaban J connectivity index is 1.60. The molecule has 3 aromatic rings. The van der Waals surface area contributed by atoms with Gasteiger partial charge in [0.2, 0.25) is 0 Å². The third kappa shape index (κ3) is 2.48. The zero-order valence-corrected chi connectivity index (χ0v) is 11.3. The van der Waals surface area contributed by atoms with Crippen LogP contribution in [0.3, 0.4) is 0 Å². The third-order valence-electron chi connectivity index (χ3n) is 2.87. The number of carbonyl (C=O) groups is 1. The fourth-order valence-corrected chi connectivity index (χ4v) is 2.62. The van der Waals surface area contributed by atoms with Gasteiger partial charge in [-0.2, -0.15) is 0 Å². The number of rotatable bonds is 4. The van der Waals surface area contributed by atoms with Gasteiger partial charge in [-0.25, -0.2) is 4.98 Å². The number of aromatic amines is 1. The van der Waals surface area contributed by atoms with Crippen LogP contribution in [-0.2, 0) is 6.42 Å². The molecular formula is C13H12N4O2S. The van der Waals surface area contributed by atoms with Crippen molar-refractivity contribution in [3.05, 3.63) is 57.7 Å². The van der Waals surface area contributed by atoms with Crippen molar-refractivity contribution in [2.45, 2.75) is 6.42 Å². The second-order valence-corrected chi connectivity index (χ2v) is 5.12. The highest BCUT2D eigenvalue weighted by Crippen LogP contribution is 2.11. The molecule has 0 spiro atoms. The first kappa shape index (κ1) is 12.6. The minimum Gasteiger partial charge on any atom is -0.351 e. The van der Waals surface area contributed by atoms with Crippen LogP contribution >= 0.6 is 11.3 Å². The molecule has 0 bridgehead atoms. The highest BCUT2D eigenvalue weighted by atomic mass is 32.1. The molecule has 1 amide bonds. The summed E-state index contributed by atoms with van der Waals surface area (Å²) in [5.74, 6) is -0.368. The molecule has 0 aromatic carbocycles. The van der Waals surface area contributed by atoms with Gasteiger partial charge in [0.1, 0.15) is 5.56 Å². The zero-order chi connectivity index (χ0) is 13.9. The van der Waals surface area contributed by atoms with Crippen molar-refractivity contribution in [1.29, 1.82) is 0 Å². The highest BCUT2D eigenvalue weighted by molar-refractivity contribution is 7.15. The lowest BCUT2D eigenvalue weighted by atomic mass is 10.2. The van der Waals surface area contributed by atoms with Crippen molar-refractivity contribution in [2.24, 2.45) is 0 Å². The Bertz CT molecular complexity index is 773. The topological polar surface area (TPSA) is 79.3 Å². The summed E-state index contributed by atoms with van der Waals surface area (Å²) < 4.78 is 1.95. The maximum atomic E-state index is 11.8. The number of nitrogens with one attached hydrogen (secondary N) is 2. The Morgan fingerprint density at radius 2 is 2.40 bits per heavy atom. The summed E-state index contributed by atoms with van der Waals surface area (Å²) in [7, 11) is 0.